The zero-order chi connectivity index (χ0) is 25.1. The summed E-state index contributed by atoms with van der Waals surface area (Å²) in [6, 6.07) is 26.2. The first kappa shape index (κ1) is 23.9. The number of nitrogens with zero attached hydrogens (tertiary/aromatic N) is 3. The zero-order valence-electron chi connectivity index (χ0n) is 20.3. The summed E-state index contributed by atoms with van der Waals surface area (Å²) in [5.41, 5.74) is 5.46. The summed E-state index contributed by atoms with van der Waals surface area (Å²) >= 11 is 1.35. The van der Waals surface area contributed by atoms with Crippen LogP contribution in [0.5, 0.6) is 0 Å². The predicted molar refractivity (Wildman–Crippen MR) is 144 cm³/mol. The number of hydrogen-bond acceptors (Lipinski definition) is 5. The molecular formula is C29H28N4O2S. The molecule has 0 bridgehead atoms. The van der Waals surface area contributed by atoms with E-state index in [1.807, 2.05) is 77.7 Å². The van der Waals surface area contributed by atoms with Crippen LogP contribution < -0.4 is 10.2 Å². The van der Waals surface area contributed by atoms with E-state index in [0.29, 0.717) is 24.5 Å². The molecule has 1 fully saturated rings. The first-order chi connectivity index (χ1) is 17.5. The first-order valence-corrected chi connectivity index (χ1v) is 12.9. The molecule has 1 saturated heterocycles. The van der Waals surface area contributed by atoms with Gasteiger partial charge in [0, 0.05) is 36.9 Å². The number of hydrogen-bond donors (Lipinski definition) is 1. The summed E-state index contributed by atoms with van der Waals surface area (Å²) in [5, 5.41) is 12.7. The standard InChI is InChI=1S/C29H28N4O2S/c1-19-13-14-24(15-20(19)2)33-18-23(16-27(33)35)28-31-32-29(36-28)30-26(34)17-25(21-9-5-3-6-10-21)22-11-7-4-8-12-22/h3-15,23,25H,16-18H2,1-2H3,(H,30,32,34). The van der Waals surface area contributed by atoms with Crippen molar-refractivity contribution in [1.82, 2.24) is 10.2 Å². The Morgan fingerprint density at radius 2 is 1.64 bits per heavy atom. The topological polar surface area (TPSA) is 75.2 Å². The number of aromatic nitrogens is 2. The molecule has 5 rings (SSSR count). The molecule has 1 aliphatic heterocycles. The second-order valence-electron chi connectivity index (χ2n) is 9.25. The molecule has 7 heteroatoms. The molecule has 0 saturated carbocycles. The number of carbonyl (C=O) groups is 2. The van der Waals surface area contributed by atoms with E-state index in [1.165, 1.54) is 16.9 Å². The average Bonchev–Trinajstić information content (AvgIpc) is 3.52. The molecule has 2 amide bonds. The van der Waals surface area contributed by atoms with Gasteiger partial charge in [0.05, 0.1) is 0 Å². The van der Waals surface area contributed by atoms with Crippen molar-refractivity contribution in [3.63, 3.8) is 0 Å². The van der Waals surface area contributed by atoms with Crippen LogP contribution in [0.25, 0.3) is 0 Å². The highest BCUT2D eigenvalue weighted by atomic mass is 32.1. The lowest BCUT2D eigenvalue weighted by Crippen LogP contribution is -2.24. The summed E-state index contributed by atoms with van der Waals surface area (Å²) < 4.78 is 0. The Balaban J connectivity index is 1.26. The smallest absolute Gasteiger partial charge is 0.227 e. The third kappa shape index (κ3) is 5.21. The van der Waals surface area contributed by atoms with E-state index in [0.717, 1.165) is 27.4 Å². The maximum Gasteiger partial charge on any atom is 0.227 e. The van der Waals surface area contributed by atoms with Gasteiger partial charge in [0.15, 0.2) is 0 Å². The number of benzene rings is 3. The van der Waals surface area contributed by atoms with Crippen LogP contribution in [-0.4, -0.2) is 28.6 Å². The van der Waals surface area contributed by atoms with E-state index in [2.05, 4.69) is 35.4 Å². The van der Waals surface area contributed by atoms with Crippen LogP contribution in [0.3, 0.4) is 0 Å². The Kier molecular flexibility index (Phi) is 6.91. The van der Waals surface area contributed by atoms with E-state index in [1.54, 1.807) is 0 Å². The zero-order valence-corrected chi connectivity index (χ0v) is 21.2. The van der Waals surface area contributed by atoms with E-state index < -0.39 is 0 Å². The van der Waals surface area contributed by atoms with Crippen molar-refractivity contribution >= 4 is 34.0 Å². The molecule has 0 radical (unpaired) electrons. The van der Waals surface area contributed by atoms with Gasteiger partial charge >= 0.3 is 0 Å². The normalized spacial score (nSPS) is 15.5. The molecular weight excluding hydrogens is 468 g/mol. The van der Waals surface area contributed by atoms with Gasteiger partial charge in [0.1, 0.15) is 5.01 Å². The van der Waals surface area contributed by atoms with Gasteiger partial charge < -0.3 is 10.2 Å². The third-order valence-electron chi connectivity index (χ3n) is 6.76. The monoisotopic (exact) mass is 496 g/mol. The third-order valence-corrected chi connectivity index (χ3v) is 7.76. The highest BCUT2D eigenvalue weighted by Gasteiger charge is 2.34. The summed E-state index contributed by atoms with van der Waals surface area (Å²) in [7, 11) is 0. The van der Waals surface area contributed by atoms with E-state index in [-0.39, 0.29) is 23.7 Å². The van der Waals surface area contributed by atoms with E-state index in [9.17, 15) is 9.59 Å². The minimum atomic E-state index is -0.116. The molecule has 1 N–H and O–H groups in total. The fourth-order valence-electron chi connectivity index (χ4n) is 4.62. The van der Waals surface area contributed by atoms with E-state index in [4.69, 9.17) is 0 Å². The van der Waals surface area contributed by atoms with Gasteiger partial charge in [0.25, 0.3) is 0 Å². The van der Waals surface area contributed by atoms with Gasteiger partial charge in [-0.05, 0) is 48.2 Å². The Bertz CT molecular complexity index is 1330. The van der Waals surface area contributed by atoms with Gasteiger partial charge in [-0.15, -0.1) is 10.2 Å². The van der Waals surface area contributed by atoms with Gasteiger partial charge in [-0.1, -0.05) is 78.1 Å². The number of rotatable bonds is 7. The van der Waals surface area contributed by atoms with Crippen molar-refractivity contribution < 1.29 is 9.59 Å². The van der Waals surface area contributed by atoms with Crippen LogP contribution in [0.1, 0.15) is 51.9 Å². The summed E-state index contributed by atoms with van der Waals surface area (Å²) in [4.78, 5) is 27.6. The molecule has 0 spiro atoms. The highest BCUT2D eigenvalue weighted by Crippen LogP contribution is 2.35. The van der Waals surface area contributed by atoms with E-state index >= 15 is 0 Å². The molecule has 1 aromatic heterocycles. The summed E-state index contributed by atoms with van der Waals surface area (Å²) in [5.74, 6) is -0.130. The van der Waals surface area contributed by atoms with Crippen molar-refractivity contribution in [2.45, 2.75) is 38.5 Å². The van der Waals surface area contributed by atoms with Crippen molar-refractivity contribution in [2.75, 3.05) is 16.8 Å². The number of amides is 2. The Hall–Kier alpha value is -3.84. The lowest BCUT2D eigenvalue weighted by atomic mass is 9.88. The second-order valence-corrected chi connectivity index (χ2v) is 10.3. The number of aryl methyl sites for hydroxylation is 2. The average molecular weight is 497 g/mol. The summed E-state index contributed by atoms with van der Waals surface area (Å²) in [6.07, 6.45) is 0.686. The van der Waals surface area contributed by atoms with Gasteiger partial charge in [-0.3, -0.25) is 9.59 Å². The quantitative estimate of drug-likeness (QED) is 0.349. The number of carbonyl (C=O) groups excluding carboxylic acids is 2. The van der Waals surface area contributed by atoms with Gasteiger partial charge in [0.2, 0.25) is 16.9 Å². The van der Waals surface area contributed by atoms with Crippen molar-refractivity contribution in [3.05, 3.63) is 106 Å². The highest BCUT2D eigenvalue weighted by molar-refractivity contribution is 7.15. The minimum absolute atomic E-state index is 0.0383. The molecule has 0 aliphatic carbocycles. The summed E-state index contributed by atoms with van der Waals surface area (Å²) in [6.45, 7) is 4.68. The molecule has 6 nitrogen and oxygen atoms in total. The van der Waals surface area contributed by atoms with Crippen LogP contribution in [0, 0.1) is 13.8 Å². The molecule has 1 atom stereocenters. The molecule has 1 aliphatic rings. The van der Waals surface area contributed by atoms with Gasteiger partial charge in [-0.25, -0.2) is 0 Å². The molecule has 36 heavy (non-hydrogen) atoms. The van der Waals surface area contributed by atoms with Crippen LogP contribution in [0.2, 0.25) is 0 Å². The fourth-order valence-corrected chi connectivity index (χ4v) is 5.47. The van der Waals surface area contributed by atoms with Crippen LogP contribution in [-0.2, 0) is 9.59 Å². The van der Waals surface area contributed by atoms with Crippen molar-refractivity contribution in [2.24, 2.45) is 0 Å². The van der Waals surface area contributed by atoms with Crippen LogP contribution >= 0.6 is 11.3 Å². The number of anilines is 2. The largest absolute Gasteiger partial charge is 0.312 e. The van der Waals surface area contributed by atoms with Crippen molar-refractivity contribution in [1.29, 1.82) is 0 Å². The Morgan fingerprint density at radius 3 is 2.28 bits per heavy atom. The van der Waals surface area contributed by atoms with Crippen LogP contribution in [0.15, 0.2) is 78.9 Å². The van der Waals surface area contributed by atoms with Gasteiger partial charge in [-0.2, -0.15) is 0 Å². The SMILES string of the molecule is Cc1ccc(N2CC(c3nnc(NC(=O)CC(c4ccccc4)c4ccccc4)s3)CC2=O)cc1C. The first-order valence-electron chi connectivity index (χ1n) is 12.1. The molecule has 3 aromatic carbocycles. The lowest BCUT2D eigenvalue weighted by Gasteiger charge is -2.17. The lowest BCUT2D eigenvalue weighted by molar-refractivity contribution is -0.117. The molecule has 2 heterocycles. The Morgan fingerprint density at radius 1 is 0.972 bits per heavy atom. The number of nitrogens with one attached hydrogen (secondary N) is 1. The predicted octanol–water partition coefficient (Wildman–Crippen LogP) is 5.84. The maximum absolute atomic E-state index is 13.0. The fraction of sp³-hybridized carbons (Fsp3) is 0.241. The van der Waals surface area contributed by atoms with Crippen LogP contribution in [0.4, 0.5) is 10.8 Å². The molecule has 1 unspecified atom stereocenters. The maximum atomic E-state index is 13.0. The molecule has 182 valence electrons. The Labute approximate surface area is 215 Å². The second kappa shape index (κ2) is 10.4. The molecule has 4 aromatic rings. The van der Waals surface area contributed by atoms with Crippen molar-refractivity contribution in [3.8, 4) is 0 Å². The minimum Gasteiger partial charge on any atom is -0.312 e.